The molecule has 0 aliphatic heterocycles. The summed E-state index contributed by atoms with van der Waals surface area (Å²) in [6.45, 7) is 4.08. The highest BCUT2D eigenvalue weighted by molar-refractivity contribution is 5.52. The molecule has 0 atom stereocenters. The molecule has 3 heteroatoms. The minimum Gasteiger partial charge on any atom is -0.399 e. The molecule has 94 valence electrons. The minimum absolute atomic E-state index is 0.845. The van der Waals surface area contributed by atoms with Gasteiger partial charge in [0, 0.05) is 5.69 Å². The number of hydrogen-bond donors (Lipinski definition) is 3. The topological polar surface area (TPSA) is 64.1 Å². The van der Waals surface area contributed by atoms with Gasteiger partial charge in [0.15, 0.2) is 0 Å². The second kappa shape index (κ2) is 5.10. The monoisotopic (exact) mass is 241 g/mol. The highest BCUT2D eigenvalue weighted by Gasteiger charge is 2.02. The zero-order valence-electron chi connectivity index (χ0n) is 10.8. The van der Waals surface area contributed by atoms with Gasteiger partial charge >= 0.3 is 0 Å². The molecular weight excluding hydrogens is 222 g/mol. The first kappa shape index (κ1) is 12.5. The van der Waals surface area contributed by atoms with E-state index in [9.17, 15) is 0 Å². The molecular formula is C15H19N3. The fraction of sp³-hybridized carbons (Fsp3) is 0.200. The quantitative estimate of drug-likeness (QED) is 0.440. The van der Waals surface area contributed by atoms with E-state index < -0.39 is 0 Å². The maximum atomic E-state index is 5.82. The van der Waals surface area contributed by atoms with E-state index in [0.717, 1.165) is 28.9 Å². The smallest absolute Gasteiger partial charge is 0.0514 e. The van der Waals surface area contributed by atoms with E-state index in [0.29, 0.717) is 0 Å². The SMILES string of the molecule is Cc1cc(Cc2ccc(NN)c(C)c2)ccc1N. The van der Waals surface area contributed by atoms with Gasteiger partial charge in [-0.2, -0.15) is 0 Å². The third kappa shape index (κ3) is 2.63. The minimum atomic E-state index is 0.845. The molecule has 2 aromatic carbocycles. The van der Waals surface area contributed by atoms with Crippen molar-refractivity contribution in [1.82, 2.24) is 0 Å². The Morgan fingerprint density at radius 3 is 2.11 bits per heavy atom. The molecule has 18 heavy (non-hydrogen) atoms. The highest BCUT2D eigenvalue weighted by Crippen LogP contribution is 2.19. The van der Waals surface area contributed by atoms with E-state index in [1.54, 1.807) is 0 Å². The summed E-state index contributed by atoms with van der Waals surface area (Å²) in [5.74, 6) is 5.43. The molecule has 0 unspecified atom stereocenters. The molecule has 0 fully saturated rings. The number of anilines is 2. The lowest BCUT2D eigenvalue weighted by molar-refractivity contribution is 1.17. The van der Waals surface area contributed by atoms with Gasteiger partial charge < -0.3 is 11.2 Å². The van der Waals surface area contributed by atoms with Crippen LogP contribution in [0.4, 0.5) is 11.4 Å². The first-order chi connectivity index (χ1) is 8.60. The van der Waals surface area contributed by atoms with Crippen LogP contribution in [0.2, 0.25) is 0 Å². The van der Waals surface area contributed by atoms with Crippen LogP contribution in [0.5, 0.6) is 0 Å². The normalized spacial score (nSPS) is 10.4. The molecule has 0 bridgehead atoms. The van der Waals surface area contributed by atoms with Gasteiger partial charge in [0.2, 0.25) is 0 Å². The van der Waals surface area contributed by atoms with Crippen LogP contribution in [0.3, 0.4) is 0 Å². The summed E-state index contributed by atoms with van der Waals surface area (Å²) >= 11 is 0. The Labute approximate surface area is 108 Å². The third-order valence-corrected chi connectivity index (χ3v) is 3.19. The summed E-state index contributed by atoms with van der Waals surface area (Å²) in [6.07, 6.45) is 0.910. The molecule has 0 amide bonds. The summed E-state index contributed by atoms with van der Waals surface area (Å²) in [5.41, 5.74) is 15.1. The van der Waals surface area contributed by atoms with E-state index >= 15 is 0 Å². The standard InChI is InChI=1S/C15H19N3/c1-10-7-12(3-5-14(10)16)9-13-4-6-15(18-17)11(2)8-13/h3-8,18H,9,16-17H2,1-2H3. The highest BCUT2D eigenvalue weighted by atomic mass is 15.2. The molecule has 0 saturated carbocycles. The van der Waals surface area contributed by atoms with E-state index in [1.165, 1.54) is 11.1 Å². The number of hydrazine groups is 1. The number of rotatable bonds is 3. The Balaban J connectivity index is 2.23. The summed E-state index contributed by atoms with van der Waals surface area (Å²) in [4.78, 5) is 0. The first-order valence-electron chi connectivity index (χ1n) is 6.01. The van der Waals surface area contributed by atoms with Gasteiger partial charge in [0.25, 0.3) is 0 Å². The number of nitrogens with one attached hydrogen (secondary N) is 1. The molecule has 3 nitrogen and oxygen atoms in total. The van der Waals surface area contributed by atoms with Gasteiger partial charge in [-0.05, 0) is 54.7 Å². The summed E-state index contributed by atoms with van der Waals surface area (Å²) in [5, 5.41) is 0. The lowest BCUT2D eigenvalue weighted by Crippen LogP contribution is -2.08. The van der Waals surface area contributed by atoms with Gasteiger partial charge in [0.05, 0.1) is 5.69 Å². The van der Waals surface area contributed by atoms with Crippen LogP contribution in [-0.2, 0) is 6.42 Å². The van der Waals surface area contributed by atoms with Crippen LogP contribution in [0.15, 0.2) is 36.4 Å². The van der Waals surface area contributed by atoms with Crippen LogP contribution < -0.4 is 17.0 Å². The van der Waals surface area contributed by atoms with E-state index in [2.05, 4.69) is 29.7 Å². The largest absolute Gasteiger partial charge is 0.399 e. The van der Waals surface area contributed by atoms with Crippen molar-refractivity contribution < 1.29 is 0 Å². The molecule has 0 aromatic heterocycles. The third-order valence-electron chi connectivity index (χ3n) is 3.19. The maximum Gasteiger partial charge on any atom is 0.0514 e. The number of benzene rings is 2. The van der Waals surface area contributed by atoms with Crippen molar-refractivity contribution in [2.75, 3.05) is 11.2 Å². The lowest BCUT2D eigenvalue weighted by atomic mass is 10.0. The number of hydrogen-bond acceptors (Lipinski definition) is 3. The summed E-state index contributed by atoms with van der Waals surface area (Å²) < 4.78 is 0. The van der Waals surface area contributed by atoms with E-state index in [-0.39, 0.29) is 0 Å². The fourth-order valence-corrected chi connectivity index (χ4v) is 2.08. The molecule has 0 aliphatic carbocycles. The molecule has 0 radical (unpaired) electrons. The first-order valence-corrected chi connectivity index (χ1v) is 6.01. The van der Waals surface area contributed by atoms with Crippen molar-refractivity contribution in [3.8, 4) is 0 Å². The zero-order chi connectivity index (χ0) is 13.1. The Morgan fingerprint density at radius 2 is 1.56 bits per heavy atom. The number of nitrogen functional groups attached to an aromatic ring is 2. The predicted molar refractivity (Wildman–Crippen MR) is 77.4 cm³/mol. The molecule has 5 N–H and O–H groups in total. The molecule has 2 aromatic rings. The van der Waals surface area contributed by atoms with Crippen molar-refractivity contribution in [2.45, 2.75) is 20.3 Å². The average molecular weight is 241 g/mol. The fourth-order valence-electron chi connectivity index (χ4n) is 2.08. The molecule has 0 spiro atoms. The van der Waals surface area contributed by atoms with Gasteiger partial charge in [-0.1, -0.05) is 24.3 Å². The summed E-state index contributed by atoms with van der Waals surface area (Å²) in [6, 6.07) is 12.4. The van der Waals surface area contributed by atoms with Gasteiger partial charge in [-0.25, -0.2) is 0 Å². The van der Waals surface area contributed by atoms with Crippen LogP contribution >= 0.6 is 0 Å². The van der Waals surface area contributed by atoms with Crippen LogP contribution in [0.1, 0.15) is 22.3 Å². The van der Waals surface area contributed by atoms with Crippen molar-refractivity contribution in [1.29, 1.82) is 0 Å². The van der Waals surface area contributed by atoms with Crippen LogP contribution in [0, 0.1) is 13.8 Å². The second-order valence-corrected chi connectivity index (χ2v) is 4.66. The molecule has 2 rings (SSSR count). The number of aryl methyl sites for hydroxylation is 2. The van der Waals surface area contributed by atoms with E-state index in [1.807, 2.05) is 26.0 Å². The molecule has 0 heterocycles. The Bertz CT molecular complexity index is 562. The summed E-state index contributed by atoms with van der Waals surface area (Å²) in [7, 11) is 0. The van der Waals surface area contributed by atoms with Crippen LogP contribution in [-0.4, -0.2) is 0 Å². The second-order valence-electron chi connectivity index (χ2n) is 4.66. The van der Waals surface area contributed by atoms with Crippen LogP contribution in [0.25, 0.3) is 0 Å². The predicted octanol–water partition coefficient (Wildman–Crippen LogP) is 2.76. The van der Waals surface area contributed by atoms with E-state index in [4.69, 9.17) is 11.6 Å². The number of nitrogens with two attached hydrogens (primary N) is 2. The molecule has 0 aliphatic rings. The molecule has 0 saturated heterocycles. The van der Waals surface area contributed by atoms with Crippen molar-refractivity contribution >= 4 is 11.4 Å². The van der Waals surface area contributed by atoms with Crippen molar-refractivity contribution in [3.63, 3.8) is 0 Å². The maximum absolute atomic E-state index is 5.82. The zero-order valence-corrected chi connectivity index (χ0v) is 10.8. The average Bonchev–Trinajstić information content (AvgIpc) is 2.34. The van der Waals surface area contributed by atoms with Crippen molar-refractivity contribution in [2.24, 2.45) is 5.84 Å². The Hall–Kier alpha value is -2.00. The Morgan fingerprint density at radius 1 is 0.944 bits per heavy atom. The lowest BCUT2D eigenvalue weighted by Gasteiger charge is -2.09. The van der Waals surface area contributed by atoms with Gasteiger partial charge in [0.1, 0.15) is 0 Å². The van der Waals surface area contributed by atoms with Crippen molar-refractivity contribution in [3.05, 3.63) is 58.7 Å². The Kier molecular flexibility index (Phi) is 3.53. The van der Waals surface area contributed by atoms with Gasteiger partial charge in [-0.3, -0.25) is 5.84 Å². The van der Waals surface area contributed by atoms with Gasteiger partial charge in [-0.15, -0.1) is 0 Å².